The largest absolute Gasteiger partial charge is 0.390 e. The van der Waals surface area contributed by atoms with Gasteiger partial charge < -0.3 is 10.0 Å². The summed E-state index contributed by atoms with van der Waals surface area (Å²) in [6.45, 7) is 4.51. The van der Waals surface area contributed by atoms with Crippen LogP contribution in [0.4, 0.5) is 8.78 Å². The van der Waals surface area contributed by atoms with Crippen molar-refractivity contribution in [1.29, 1.82) is 0 Å². The second-order valence-electron chi connectivity index (χ2n) is 6.65. The predicted octanol–water partition coefficient (Wildman–Crippen LogP) is 1.01. The van der Waals surface area contributed by atoms with Gasteiger partial charge in [0.1, 0.15) is 5.82 Å². The first kappa shape index (κ1) is 17.2. The van der Waals surface area contributed by atoms with Gasteiger partial charge in [0.25, 0.3) is 11.8 Å². The molecule has 0 aliphatic carbocycles. The van der Waals surface area contributed by atoms with Crippen molar-refractivity contribution in [3.05, 3.63) is 23.3 Å². The van der Waals surface area contributed by atoms with E-state index < -0.39 is 12.0 Å². The first-order chi connectivity index (χ1) is 11.3. The molecule has 132 valence electrons. The van der Waals surface area contributed by atoms with E-state index in [9.17, 15) is 18.7 Å². The number of hydrogen-bond donors (Lipinski definition) is 1. The number of aliphatic hydroxyl groups is 1. The van der Waals surface area contributed by atoms with Gasteiger partial charge in [-0.25, -0.2) is 18.7 Å². The van der Waals surface area contributed by atoms with Crippen LogP contribution in [0.3, 0.4) is 0 Å². The molecule has 2 saturated heterocycles. The molecule has 0 radical (unpaired) electrons. The minimum Gasteiger partial charge on any atom is -0.390 e. The third-order valence-corrected chi connectivity index (χ3v) is 4.88. The maximum atomic E-state index is 13.3. The van der Waals surface area contributed by atoms with Gasteiger partial charge in [0.2, 0.25) is 0 Å². The normalized spacial score (nSPS) is 27.5. The van der Waals surface area contributed by atoms with E-state index in [-0.39, 0.29) is 44.4 Å². The van der Waals surface area contributed by atoms with Crippen LogP contribution in [-0.4, -0.2) is 75.0 Å². The summed E-state index contributed by atoms with van der Waals surface area (Å²) in [7, 11) is 0. The maximum Gasteiger partial charge on any atom is 0.257 e. The van der Waals surface area contributed by atoms with Crippen molar-refractivity contribution in [2.75, 3.05) is 26.2 Å². The molecule has 0 spiro atoms. The van der Waals surface area contributed by atoms with Crippen molar-refractivity contribution in [1.82, 2.24) is 19.8 Å². The molecule has 1 aromatic heterocycles. The second kappa shape index (κ2) is 6.33. The smallest absolute Gasteiger partial charge is 0.257 e. The molecule has 3 heterocycles. The zero-order valence-electron chi connectivity index (χ0n) is 13.9. The van der Waals surface area contributed by atoms with Crippen LogP contribution in [-0.2, 0) is 0 Å². The minimum absolute atomic E-state index is 0.198. The Bertz CT molecular complexity index is 631. The van der Waals surface area contributed by atoms with Gasteiger partial charge in [-0.05, 0) is 13.8 Å². The van der Waals surface area contributed by atoms with Crippen molar-refractivity contribution >= 4 is 5.91 Å². The van der Waals surface area contributed by atoms with E-state index in [0.717, 1.165) is 0 Å². The van der Waals surface area contributed by atoms with Crippen LogP contribution in [0.15, 0.2) is 6.20 Å². The summed E-state index contributed by atoms with van der Waals surface area (Å²) in [5, 5.41) is 10.3. The fourth-order valence-corrected chi connectivity index (χ4v) is 3.44. The summed E-state index contributed by atoms with van der Waals surface area (Å²) < 4.78 is 26.6. The lowest BCUT2D eigenvalue weighted by molar-refractivity contribution is -0.0697. The van der Waals surface area contributed by atoms with Crippen molar-refractivity contribution in [2.45, 2.75) is 44.8 Å². The quantitative estimate of drug-likeness (QED) is 0.870. The van der Waals surface area contributed by atoms with Crippen molar-refractivity contribution in [3.8, 4) is 0 Å². The number of hydrogen-bond acceptors (Lipinski definition) is 5. The van der Waals surface area contributed by atoms with Gasteiger partial charge in [0, 0.05) is 45.2 Å². The number of alkyl halides is 2. The molecule has 2 aliphatic heterocycles. The number of aromatic nitrogens is 2. The van der Waals surface area contributed by atoms with Gasteiger partial charge in [0.05, 0.1) is 23.4 Å². The number of amides is 1. The summed E-state index contributed by atoms with van der Waals surface area (Å²) in [6.07, 6.45) is 0.373. The number of rotatable bonds is 2. The third-order valence-electron chi connectivity index (χ3n) is 4.88. The van der Waals surface area contributed by atoms with Gasteiger partial charge in [-0.15, -0.1) is 0 Å². The Morgan fingerprint density at radius 2 is 1.96 bits per heavy atom. The lowest BCUT2D eigenvalue weighted by atomic mass is 10.0. The summed E-state index contributed by atoms with van der Waals surface area (Å²) in [4.78, 5) is 24.3. The number of piperidine rings is 1. The Kier molecular flexibility index (Phi) is 4.52. The van der Waals surface area contributed by atoms with E-state index in [1.54, 1.807) is 18.7 Å². The SMILES string of the molecule is Cc1ncc(C(=O)N2C[C@@H](O)[C@H](N3CCC(F)(F)CC3)C2)c(C)n1. The molecule has 0 saturated carbocycles. The van der Waals surface area contributed by atoms with Crippen LogP contribution in [0.2, 0.25) is 0 Å². The molecule has 6 nitrogen and oxygen atoms in total. The zero-order valence-corrected chi connectivity index (χ0v) is 13.9. The molecule has 3 rings (SSSR count). The first-order valence-electron chi connectivity index (χ1n) is 8.16. The summed E-state index contributed by atoms with van der Waals surface area (Å²) in [5.74, 6) is -2.25. The Morgan fingerprint density at radius 3 is 2.58 bits per heavy atom. The molecule has 24 heavy (non-hydrogen) atoms. The lowest BCUT2D eigenvalue weighted by Gasteiger charge is -2.36. The molecule has 2 fully saturated rings. The minimum atomic E-state index is -2.62. The Morgan fingerprint density at radius 1 is 1.29 bits per heavy atom. The highest BCUT2D eigenvalue weighted by Crippen LogP contribution is 2.30. The highest BCUT2D eigenvalue weighted by Gasteiger charge is 2.42. The molecule has 1 N–H and O–H groups in total. The third kappa shape index (κ3) is 3.39. The van der Waals surface area contributed by atoms with Crippen molar-refractivity contribution in [3.63, 3.8) is 0 Å². The Labute approximate surface area is 139 Å². The average molecular weight is 340 g/mol. The highest BCUT2D eigenvalue weighted by molar-refractivity contribution is 5.95. The standard InChI is InChI=1S/C16H22F2N4O2/c1-10-12(7-19-11(2)20-10)15(24)22-8-13(14(23)9-22)21-5-3-16(17,18)4-6-21/h7,13-14,23H,3-6,8-9H2,1-2H3/t13-,14-/m1/s1. The maximum absolute atomic E-state index is 13.3. The van der Waals surface area contributed by atoms with E-state index in [1.807, 2.05) is 4.90 Å². The van der Waals surface area contributed by atoms with Crippen LogP contribution in [0.1, 0.15) is 34.7 Å². The first-order valence-corrected chi connectivity index (χ1v) is 8.16. The van der Waals surface area contributed by atoms with Gasteiger partial charge in [0.15, 0.2) is 0 Å². The Balaban J connectivity index is 1.68. The number of β-amino-alcohol motifs (C(OH)–C–C–N with tert-alkyl or cyclic N) is 1. The summed E-state index contributed by atoms with van der Waals surface area (Å²) in [5.41, 5.74) is 1.02. The molecule has 0 aromatic carbocycles. The molecular formula is C16H22F2N4O2. The van der Waals surface area contributed by atoms with Gasteiger partial charge in [-0.1, -0.05) is 0 Å². The molecule has 0 unspecified atom stereocenters. The second-order valence-corrected chi connectivity index (χ2v) is 6.65. The van der Waals surface area contributed by atoms with Crippen LogP contribution in [0.25, 0.3) is 0 Å². The topological polar surface area (TPSA) is 69.6 Å². The van der Waals surface area contributed by atoms with E-state index in [2.05, 4.69) is 9.97 Å². The van der Waals surface area contributed by atoms with Gasteiger partial charge in [-0.3, -0.25) is 9.69 Å². The van der Waals surface area contributed by atoms with E-state index >= 15 is 0 Å². The number of aryl methyl sites for hydroxylation is 2. The van der Waals surface area contributed by atoms with E-state index in [4.69, 9.17) is 0 Å². The van der Waals surface area contributed by atoms with Gasteiger partial charge >= 0.3 is 0 Å². The monoisotopic (exact) mass is 340 g/mol. The average Bonchev–Trinajstić information content (AvgIpc) is 2.89. The number of likely N-dealkylation sites (tertiary alicyclic amines) is 2. The molecule has 0 bridgehead atoms. The molecule has 8 heteroatoms. The summed E-state index contributed by atoms with van der Waals surface area (Å²) in [6, 6.07) is -0.295. The lowest BCUT2D eigenvalue weighted by Crippen LogP contribution is -2.49. The van der Waals surface area contributed by atoms with Crippen molar-refractivity contribution < 1.29 is 18.7 Å². The predicted molar refractivity (Wildman–Crippen MR) is 83.0 cm³/mol. The van der Waals surface area contributed by atoms with E-state index in [1.165, 1.54) is 6.20 Å². The number of aliphatic hydroxyl groups excluding tert-OH is 1. The number of nitrogens with zero attached hydrogens (tertiary/aromatic N) is 4. The fraction of sp³-hybridized carbons (Fsp3) is 0.688. The molecule has 2 atom stereocenters. The molecule has 2 aliphatic rings. The molecular weight excluding hydrogens is 318 g/mol. The molecule has 1 aromatic rings. The van der Waals surface area contributed by atoms with Crippen LogP contribution in [0, 0.1) is 13.8 Å². The highest BCUT2D eigenvalue weighted by atomic mass is 19.3. The fourth-order valence-electron chi connectivity index (χ4n) is 3.44. The number of carbonyl (C=O) groups excluding carboxylic acids is 1. The van der Waals surface area contributed by atoms with Gasteiger partial charge in [-0.2, -0.15) is 0 Å². The summed E-state index contributed by atoms with van der Waals surface area (Å²) >= 11 is 0. The Hall–Kier alpha value is -1.67. The van der Waals surface area contributed by atoms with Crippen molar-refractivity contribution in [2.24, 2.45) is 0 Å². The van der Waals surface area contributed by atoms with Crippen LogP contribution >= 0.6 is 0 Å². The number of carbonyl (C=O) groups is 1. The van der Waals surface area contributed by atoms with Crippen LogP contribution < -0.4 is 0 Å². The molecule has 1 amide bonds. The number of halogens is 2. The van der Waals surface area contributed by atoms with Crippen LogP contribution in [0.5, 0.6) is 0 Å². The zero-order chi connectivity index (χ0) is 17.5. The van der Waals surface area contributed by atoms with E-state index in [0.29, 0.717) is 23.6 Å².